The van der Waals surface area contributed by atoms with Crippen LogP contribution in [0.4, 0.5) is 14.9 Å². The molecule has 1 saturated heterocycles. The number of carbonyl (C=O) groups excluding carboxylic acids is 2. The van der Waals surface area contributed by atoms with Crippen molar-refractivity contribution in [2.75, 3.05) is 65.5 Å². The average molecular weight is 555 g/mol. The van der Waals surface area contributed by atoms with Gasteiger partial charge in [0.2, 0.25) is 5.91 Å². The number of nitrogens with zero attached hydrogens (tertiary/aromatic N) is 3. The molecule has 1 aliphatic rings. The van der Waals surface area contributed by atoms with Gasteiger partial charge in [-0.25, -0.2) is 9.18 Å². The highest BCUT2D eigenvalue weighted by Gasteiger charge is 2.24. The Morgan fingerprint density at radius 2 is 1.68 bits per heavy atom. The second-order valence-corrected chi connectivity index (χ2v) is 9.36. The molecule has 0 bridgehead atoms. The standard InChI is InChI=1S/C29H35FN4O6/c1-37-26-16-24(17-27(18-26)38-2)31-29(36)33(10-9-32-11-14-39-15-12-32)21-28(35)34(20-25-4-3-13-40-25)19-22-5-7-23(30)8-6-22/h3-8,13,16-18H,9-12,14-15,19-21H2,1-2H3,(H,31,36). The van der Waals surface area contributed by atoms with Crippen molar-refractivity contribution < 1.29 is 32.6 Å². The van der Waals surface area contributed by atoms with Crippen LogP contribution in [0, 0.1) is 5.82 Å². The van der Waals surface area contributed by atoms with E-state index < -0.39 is 6.03 Å². The maximum atomic E-state index is 13.7. The molecule has 1 N–H and O–H groups in total. The minimum Gasteiger partial charge on any atom is -0.497 e. The molecule has 1 aliphatic heterocycles. The van der Waals surface area contributed by atoms with Crippen molar-refractivity contribution in [1.82, 2.24) is 14.7 Å². The Kier molecular flexibility index (Phi) is 10.4. The molecule has 1 fully saturated rings. The molecule has 0 radical (unpaired) electrons. The van der Waals surface area contributed by atoms with Crippen molar-refractivity contribution in [2.24, 2.45) is 0 Å². The van der Waals surface area contributed by atoms with Crippen molar-refractivity contribution in [3.8, 4) is 11.5 Å². The van der Waals surface area contributed by atoms with Crippen LogP contribution in [-0.2, 0) is 22.6 Å². The molecular weight excluding hydrogens is 519 g/mol. The third-order valence-corrected chi connectivity index (χ3v) is 6.57. The quantitative estimate of drug-likeness (QED) is 0.364. The highest BCUT2D eigenvalue weighted by Crippen LogP contribution is 2.26. The summed E-state index contributed by atoms with van der Waals surface area (Å²) in [5.41, 5.74) is 1.23. The summed E-state index contributed by atoms with van der Waals surface area (Å²) in [6.07, 6.45) is 1.54. The summed E-state index contributed by atoms with van der Waals surface area (Å²) in [5, 5.41) is 2.88. The van der Waals surface area contributed by atoms with Gasteiger partial charge in [0.25, 0.3) is 0 Å². The van der Waals surface area contributed by atoms with Crippen molar-refractivity contribution >= 4 is 17.6 Å². The molecular formula is C29H35FN4O6. The topological polar surface area (TPSA) is 96.7 Å². The number of urea groups is 1. The summed E-state index contributed by atoms with van der Waals surface area (Å²) < 4.78 is 35.0. The zero-order valence-electron chi connectivity index (χ0n) is 22.8. The lowest BCUT2D eigenvalue weighted by Crippen LogP contribution is -2.48. The molecule has 3 aromatic rings. The number of methoxy groups -OCH3 is 2. The van der Waals surface area contributed by atoms with Crippen LogP contribution in [0.25, 0.3) is 0 Å². The molecule has 0 aliphatic carbocycles. The van der Waals surface area contributed by atoms with Gasteiger partial charge in [-0.1, -0.05) is 12.1 Å². The van der Waals surface area contributed by atoms with E-state index in [1.165, 1.54) is 31.3 Å². The van der Waals surface area contributed by atoms with Crippen LogP contribution >= 0.6 is 0 Å². The lowest BCUT2D eigenvalue weighted by Gasteiger charge is -2.31. The number of ether oxygens (including phenoxy) is 3. The van der Waals surface area contributed by atoms with Gasteiger partial charge >= 0.3 is 6.03 Å². The molecule has 40 heavy (non-hydrogen) atoms. The van der Waals surface area contributed by atoms with Gasteiger partial charge < -0.3 is 33.7 Å². The van der Waals surface area contributed by atoms with Crippen molar-refractivity contribution in [3.63, 3.8) is 0 Å². The number of hydrogen-bond donors (Lipinski definition) is 1. The normalized spacial score (nSPS) is 13.5. The van der Waals surface area contributed by atoms with E-state index in [0.29, 0.717) is 49.2 Å². The largest absolute Gasteiger partial charge is 0.497 e. The van der Waals surface area contributed by atoms with Gasteiger partial charge in [0.1, 0.15) is 29.6 Å². The Bertz CT molecular complexity index is 1210. The van der Waals surface area contributed by atoms with Gasteiger partial charge in [0.05, 0.1) is 40.2 Å². The minimum atomic E-state index is -0.434. The molecule has 214 valence electrons. The second-order valence-electron chi connectivity index (χ2n) is 9.36. The second kappa shape index (κ2) is 14.3. The third kappa shape index (κ3) is 8.45. The van der Waals surface area contributed by atoms with E-state index in [-0.39, 0.29) is 31.4 Å². The van der Waals surface area contributed by atoms with Crippen molar-refractivity contribution in [1.29, 1.82) is 0 Å². The van der Waals surface area contributed by atoms with E-state index in [1.54, 1.807) is 53.6 Å². The number of morpholine rings is 1. The number of rotatable bonds is 12. The molecule has 4 rings (SSSR count). The number of anilines is 1. The number of benzene rings is 2. The maximum Gasteiger partial charge on any atom is 0.322 e. The fourth-order valence-corrected chi connectivity index (χ4v) is 4.32. The van der Waals surface area contributed by atoms with Gasteiger partial charge in [-0.3, -0.25) is 9.69 Å². The molecule has 11 heteroatoms. The smallest absolute Gasteiger partial charge is 0.322 e. The fraction of sp³-hybridized carbons (Fsp3) is 0.379. The van der Waals surface area contributed by atoms with E-state index in [0.717, 1.165) is 18.7 Å². The van der Waals surface area contributed by atoms with Gasteiger partial charge in [-0.05, 0) is 29.8 Å². The first-order valence-electron chi connectivity index (χ1n) is 13.1. The van der Waals surface area contributed by atoms with E-state index in [9.17, 15) is 14.0 Å². The number of hydrogen-bond acceptors (Lipinski definition) is 7. The molecule has 0 atom stereocenters. The number of nitrogens with one attached hydrogen (secondary N) is 1. The van der Waals surface area contributed by atoms with Crippen LogP contribution in [0.5, 0.6) is 11.5 Å². The molecule has 10 nitrogen and oxygen atoms in total. The van der Waals surface area contributed by atoms with Gasteiger partial charge in [0, 0.05) is 56.6 Å². The predicted molar refractivity (Wildman–Crippen MR) is 147 cm³/mol. The number of carbonyl (C=O) groups is 2. The van der Waals surface area contributed by atoms with E-state index in [2.05, 4.69) is 10.2 Å². The first-order valence-corrected chi connectivity index (χ1v) is 13.1. The van der Waals surface area contributed by atoms with Crippen LogP contribution in [0.15, 0.2) is 65.3 Å². The maximum absolute atomic E-state index is 13.7. The Morgan fingerprint density at radius 1 is 0.975 bits per heavy atom. The van der Waals surface area contributed by atoms with Crippen molar-refractivity contribution in [3.05, 3.63) is 78.0 Å². The number of amides is 3. The van der Waals surface area contributed by atoms with E-state index >= 15 is 0 Å². The molecule has 0 saturated carbocycles. The molecule has 2 aromatic carbocycles. The van der Waals surface area contributed by atoms with E-state index in [4.69, 9.17) is 18.6 Å². The van der Waals surface area contributed by atoms with Crippen LogP contribution < -0.4 is 14.8 Å². The summed E-state index contributed by atoms with van der Waals surface area (Å²) in [7, 11) is 3.06. The predicted octanol–water partition coefficient (Wildman–Crippen LogP) is 3.83. The monoisotopic (exact) mass is 554 g/mol. The van der Waals surface area contributed by atoms with Gasteiger partial charge in [-0.15, -0.1) is 0 Å². The molecule has 0 unspecified atom stereocenters. The van der Waals surface area contributed by atoms with Crippen molar-refractivity contribution in [2.45, 2.75) is 13.1 Å². The minimum absolute atomic E-state index is 0.167. The third-order valence-electron chi connectivity index (χ3n) is 6.57. The molecule has 3 amide bonds. The summed E-state index contributed by atoms with van der Waals surface area (Å²) in [5.74, 6) is 1.01. The average Bonchev–Trinajstić information content (AvgIpc) is 3.49. The summed E-state index contributed by atoms with van der Waals surface area (Å²) >= 11 is 0. The molecule has 2 heterocycles. The van der Waals surface area contributed by atoms with Crippen LogP contribution in [-0.4, -0.2) is 86.8 Å². The Balaban J connectivity index is 1.52. The van der Waals surface area contributed by atoms with Crippen LogP contribution in [0.2, 0.25) is 0 Å². The summed E-state index contributed by atoms with van der Waals surface area (Å²) in [6.45, 7) is 3.94. The van der Waals surface area contributed by atoms with Crippen LogP contribution in [0.1, 0.15) is 11.3 Å². The lowest BCUT2D eigenvalue weighted by atomic mass is 10.2. The number of furan rings is 1. The van der Waals surface area contributed by atoms with Crippen LogP contribution in [0.3, 0.4) is 0 Å². The zero-order valence-corrected chi connectivity index (χ0v) is 22.8. The molecule has 1 aromatic heterocycles. The summed E-state index contributed by atoms with van der Waals surface area (Å²) in [6, 6.07) is 14.2. The Hall–Kier alpha value is -4.09. The zero-order chi connectivity index (χ0) is 28.3. The first-order chi connectivity index (χ1) is 19.4. The van der Waals surface area contributed by atoms with Gasteiger partial charge in [-0.2, -0.15) is 0 Å². The fourth-order valence-electron chi connectivity index (χ4n) is 4.32. The Labute approximate surface area is 233 Å². The summed E-state index contributed by atoms with van der Waals surface area (Å²) in [4.78, 5) is 32.5. The SMILES string of the molecule is COc1cc(NC(=O)N(CCN2CCOCC2)CC(=O)N(Cc2ccc(F)cc2)Cc2ccco2)cc(OC)c1. The molecule has 0 spiro atoms. The number of halogens is 1. The Morgan fingerprint density at radius 3 is 2.30 bits per heavy atom. The first kappa shape index (κ1) is 28.9. The highest BCUT2D eigenvalue weighted by atomic mass is 19.1. The highest BCUT2D eigenvalue weighted by molar-refractivity contribution is 5.92. The van der Waals surface area contributed by atoms with E-state index in [1.807, 2.05) is 0 Å². The lowest BCUT2D eigenvalue weighted by molar-refractivity contribution is -0.133. The van der Waals surface area contributed by atoms with Gasteiger partial charge in [0.15, 0.2) is 0 Å².